The minimum atomic E-state index is -0.570. The zero-order valence-electron chi connectivity index (χ0n) is 14.1. The number of aryl methyl sites for hydroxylation is 1. The summed E-state index contributed by atoms with van der Waals surface area (Å²) in [6, 6.07) is 5.73. The summed E-state index contributed by atoms with van der Waals surface area (Å²) in [7, 11) is 0. The van der Waals surface area contributed by atoms with Crippen molar-refractivity contribution < 1.29 is 9.18 Å². The fraction of sp³-hybridized carbons (Fsp3) is 0.500. The second-order valence-electron chi connectivity index (χ2n) is 5.95. The van der Waals surface area contributed by atoms with Crippen LogP contribution in [0.3, 0.4) is 0 Å². The maximum Gasteiger partial charge on any atom is 0.247 e. The molecule has 0 spiro atoms. The van der Waals surface area contributed by atoms with Gasteiger partial charge in [0.2, 0.25) is 5.91 Å². The van der Waals surface area contributed by atoms with Crippen LogP contribution in [0.5, 0.6) is 0 Å². The summed E-state index contributed by atoms with van der Waals surface area (Å²) in [6.07, 6.45) is 1.26. The average Bonchev–Trinajstić information content (AvgIpc) is 2.83. The highest BCUT2D eigenvalue weighted by Gasteiger charge is 2.29. The van der Waals surface area contributed by atoms with Crippen LogP contribution in [0.1, 0.15) is 23.9 Å². The summed E-state index contributed by atoms with van der Waals surface area (Å²) >= 11 is 0. The molecule has 0 aliphatic carbocycles. The quantitative estimate of drug-likeness (QED) is 0.876. The molecule has 7 nitrogen and oxygen atoms in total. The predicted molar refractivity (Wildman–Crippen MR) is 93.0 cm³/mol. The highest BCUT2D eigenvalue weighted by atomic mass is 35.5. The monoisotopic (exact) mass is 368 g/mol. The lowest BCUT2D eigenvalue weighted by Gasteiger charge is -2.26. The molecule has 1 aromatic carbocycles. The third kappa shape index (κ3) is 4.73. The normalized spacial score (nSPS) is 16.0. The molecule has 1 unspecified atom stereocenters. The van der Waals surface area contributed by atoms with Crippen LogP contribution in [-0.4, -0.2) is 57.2 Å². The lowest BCUT2D eigenvalue weighted by molar-refractivity contribution is -0.135. The van der Waals surface area contributed by atoms with Gasteiger partial charge in [0.1, 0.15) is 17.7 Å². The van der Waals surface area contributed by atoms with E-state index in [9.17, 15) is 9.18 Å². The number of benzene rings is 1. The smallest absolute Gasteiger partial charge is 0.247 e. The largest absolute Gasteiger partial charge is 0.340 e. The zero-order valence-corrected chi connectivity index (χ0v) is 14.9. The van der Waals surface area contributed by atoms with Gasteiger partial charge in [-0.3, -0.25) is 4.79 Å². The van der Waals surface area contributed by atoms with Crippen LogP contribution < -0.4 is 5.32 Å². The van der Waals surface area contributed by atoms with Gasteiger partial charge in [-0.1, -0.05) is 12.1 Å². The molecular formula is C16H22ClFN6O. The standard InChI is InChI=1S/C16H21FN6O.ClH/c1-12-19-20-21-23(12)15(11-13-4-2-5-14(17)10-13)16(24)22-8-3-6-18-7-9-22;/h2,4-5,10,15,18H,3,6-9,11H2,1H3;1H. The minimum absolute atomic E-state index is 0. The number of tetrazole rings is 1. The second kappa shape index (κ2) is 8.87. The lowest BCUT2D eigenvalue weighted by Crippen LogP contribution is -2.40. The molecule has 0 saturated carbocycles. The zero-order chi connectivity index (χ0) is 16.9. The van der Waals surface area contributed by atoms with Crippen LogP contribution in [0, 0.1) is 12.7 Å². The lowest BCUT2D eigenvalue weighted by atomic mass is 10.0. The molecule has 1 fully saturated rings. The number of carbonyl (C=O) groups excluding carboxylic acids is 1. The number of amides is 1. The van der Waals surface area contributed by atoms with Gasteiger partial charge in [-0.05, 0) is 48.0 Å². The van der Waals surface area contributed by atoms with Gasteiger partial charge in [-0.2, -0.15) is 0 Å². The topological polar surface area (TPSA) is 75.9 Å². The fourth-order valence-electron chi connectivity index (χ4n) is 2.97. The number of hydrogen-bond donors (Lipinski definition) is 1. The number of aromatic nitrogens is 4. The molecule has 0 radical (unpaired) electrons. The maximum atomic E-state index is 13.5. The molecule has 25 heavy (non-hydrogen) atoms. The Kier molecular flexibility index (Phi) is 6.83. The van der Waals surface area contributed by atoms with Crippen LogP contribution in [0.2, 0.25) is 0 Å². The first-order valence-electron chi connectivity index (χ1n) is 8.13. The van der Waals surface area contributed by atoms with E-state index in [1.165, 1.54) is 16.8 Å². The molecule has 1 aliphatic rings. The van der Waals surface area contributed by atoms with Crippen LogP contribution in [0.15, 0.2) is 24.3 Å². The van der Waals surface area contributed by atoms with Crippen LogP contribution in [-0.2, 0) is 11.2 Å². The molecule has 1 aromatic heterocycles. The van der Waals surface area contributed by atoms with Crippen molar-refractivity contribution in [2.75, 3.05) is 26.2 Å². The van der Waals surface area contributed by atoms with Gasteiger partial charge < -0.3 is 10.2 Å². The molecular weight excluding hydrogens is 347 g/mol. The Morgan fingerprint density at radius 1 is 1.36 bits per heavy atom. The van der Waals surface area contributed by atoms with Crippen molar-refractivity contribution in [1.29, 1.82) is 0 Å². The second-order valence-corrected chi connectivity index (χ2v) is 5.95. The number of carbonyl (C=O) groups is 1. The molecule has 136 valence electrons. The molecule has 1 N–H and O–H groups in total. The third-order valence-corrected chi connectivity index (χ3v) is 4.21. The van der Waals surface area contributed by atoms with E-state index in [0.717, 1.165) is 25.1 Å². The summed E-state index contributed by atoms with van der Waals surface area (Å²) in [5.41, 5.74) is 0.746. The SMILES string of the molecule is Cc1nnnn1C(Cc1cccc(F)c1)C(=O)N1CCCNCC1.Cl. The van der Waals surface area contributed by atoms with Crippen LogP contribution in [0.25, 0.3) is 0 Å². The van der Waals surface area contributed by atoms with E-state index < -0.39 is 6.04 Å². The number of nitrogens with zero attached hydrogens (tertiary/aromatic N) is 5. The van der Waals surface area contributed by atoms with Crippen molar-refractivity contribution >= 4 is 18.3 Å². The van der Waals surface area contributed by atoms with Gasteiger partial charge in [-0.15, -0.1) is 17.5 Å². The van der Waals surface area contributed by atoms with Crippen LogP contribution >= 0.6 is 12.4 Å². The van der Waals surface area contributed by atoms with Crippen molar-refractivity contribution in [3.8, 4) is 0 Å². The molecule has 9 heteroatoms. The first-order valence-corrected chi connectivity index (χ1v) is 8.13. The first-order chi connectivity index (χ1) is 11.6. The summed E-state index contributed by atoms with van der Waals surface area (Å²) in [4.78, 5) is 14.9. The highest BCUT2D eigenvalue weighted by molar-refractivity contribution is 5.85. The average molecular weight is 369 g/mol. The minimum Gasteiger partial charge on any atom is -0.340 e. The Morgan fingerprint density at radius 3 is 2.92 bits per heavy atom. The summed E-state index contributed by atoms with van der Waals surface area (Å²) < 4.78 is 15.0. The Labute approximate surface area is 152 Å². The summed E-state index contributed by atoms with van der Waals surface area (Å²) in [5, 5.41) is 14.8. The fourth-order valence-corrected chi connectivity index (χ4v) is 2.97. The van der Waals surface area contributed by atoms with Gasteiger partial charge in [0.25, 0.3) is 0 Å². The van der Waals surface area contributed by atoms with Crippen molar-refractivity contribution in [3.63, 3.8) is 0 Å². The molecule has 1 saturated heterocycles. The van der Waals surface area contributed by atoms with E-state index in [0.29, 0.717) is 25.3 Å². The Hall–Kier alpha value is -2.06. The van der Waals surface area contributed by atoms with Crippen molar-refractivity contribution in [1.82, 2.24) is 30.4 Å². The van der Waals surface area contributed by atoms with E-state index in [4.69, 9.17) is 0 Å². The van der Waals surface area contributed by atoms with Gasteiger partial charge >= 0.3 is 0 Å². The molecule has 1 atom stereocenters. The van der Waals surface area contributed by atoms with Gasteiger partial charge in [0.05, 0.1) is 0 Å². The van der Waals surface area contributed by atoms with E-state index in [-0.39, 0.29) is 24.1 Å². The van der Waals surface area contributed by atoms with E-state index in [1.807, 2.05) is 11.0 Å². The van der Waals surface area contributed by atoms with E-state index in [2.05, 4.69) is 20.8 Å². The molecule has 0 bridgehead atoms. The number of halogens is 2. The Balaban J connectivity index is 0.00000225. The van der Waals surface area contributed by atoms with Crippen LogP contribution in [0.4, 0.5) is 4.39 Å². The van der Waals surface area contributed by atoms with Gasteiger partial charge in [-0.25, -0.2) is 9.07 Å². The number of nitrogens with one attached hydrogen (secondary N) is 1. The molecule has 1 aliphatic heterocycles. The molecule has 1 amide bonds. The molecule has 3 rings (SSSR count). The number of rotatable bonds is 4. The number of hydrogen-bond acceptors (Lipinski definition) is 5. The Bertz CT molecular complexity index is 701. The summed E-state index contributed by atoms with van der Waals surface area (Å²) in [5.74, 6) is 0.224. The Morgan fingerprint density at radius 2 is 2.20 bits per heavy atom. The predicted octanol–water partition coefficient (Wildman–Crippen LogP) is 1.15. The molecule has 2 aromatic rings. The van der Waals surface area contributed by atoms with E-state index >= 15 is 0 Å². The highest BCUT2D eigenvalue weighted by Crippen LogP contribution is 2.19. The third-order valence-electron chi connectivity index (χ3n) is 4.21. The maximum absolute atomic E-state index is 13.5. The van der Waals surface area contributed by atoms with Crippen molar-refractivity contribution in [2.45, 2.75) is 25.8 Å². The summed E-state index contributed by atoms with van der Waals surface area (Å²) in [6.45, 7) is 4.79. The van der Waals surface area contributed by atoms with Gasteiger partial charge in [0.15, 0.2) is 0 Å². The van der Waals surface area contributed by atoms with Gasteiger partial charge in [0, 0.05) is 26.1 Å². The van der Waals surface area contributed by atoms with E-state index in [1.54, 1.807) is 13.0 Å². The van der Waals surface area contributed by atoms with Crippen molar-refractivity contribution in [3.05, 3.63) is 41.5 Å². The molecule has 2 heterocycles. The van der Waals surface area contributed by atoms with Crippen molar-refractivity contribution in [2.24, 2.45) is 0 Å². The first kappa shape index (κ1) is 19.3.